The highest BCUT2D eigenvalue weighted by atomic mass is 19.2. The van der Waals surface area contributed by atoms with Crippen LogP contribution in [-0.4, -0.2) is 0 Å². The van der Waals surface area contributed by atoms with Crippen molar-refractivity contribution in [3.05, 3.63) is 116 Å². The van der Waals surface area contributed by atoms with Crippen LogP contribution in [0.15, 0.2) is 53.6 Å². The molecule has 202 valence electrons. The third-order valence-electron chi connectivity index (χ3n) is 7.07. The molecule has 2 aliphatic carbocycles. The van der Waals surface area contributed by atoms with Gasteiger partial charge in [0.25, 0.3) is 0 Å². The second-order valence-corrected chi connectivity index (χ2v) is 9.14. The molecule has 44 heavy (non-hydrogen) atoms. The first kappa shape index (κ1) is 28.3. The maximum Gasteiger partial charge on any atom is 0.159 e. The summed E-state index contributed by atoms with van der Waals surface area (Å²) in [5, 5.41) is 70.5. The molecule has 0 heterocycles. The highest BCUT2D eigenvalue weighted by molar-refractivity contribution is 6.31. The van der Waals surface area contributed by atoms with Crippen molar-refractivity contribution < 1.29 is 17.6 Å². The average Bonchev–Trinajstić information content (AvgIpc) is 3.53. The first-order chi connectivity index (χ1) is 21.2. The first-order valence-corrected chi connectivity index (χ1v) is 12.1. The van der Waals surface area contributed by atoms with Crippen molar-refractivity contribution in [2.75, 3.05) is 0 Å². The zero-order chi connectivity index (χ0) is 31.9. The summed E-state index contributed by atoms with van der Waals surface area (Å²) in [6, 6.07) is 19.0. The van der Waals surface area contributed by atoms with Gasteiger partial charge in [0.1, 0.15) is 53.6 Å². The zero-order valence-corrected chi connectivity index (χ0v) is 21.7. The van der Waals surface area contributed by atoms with Gasteiger partial charge >= 0.3 is 0 Å². The maximum absolute atomic E-state index is 14.4. The second kappa shape index (κ2) is 10.6. The predicted octanol–water partition coefficient (Wildman–Crippen LogP) is 6.61. The van der Waals surface area contributed by atoms with E-state index < -0.39 is 34.4 Å². The van der Waals surface area contributed by atoms with Gasteiger partial charge in [0.2, 0.25) is 0 Å². The van der Waals surface area contributed by atoms with Gasteiger partial charge in [-0.25, -0.2) is 17.6 Å². The van der Waals surface area contributed by atoms with E-state index >= 15 is 0 Å². The van der Waals surface area contributed by atoms with E-state index in [1.165, 1.54) is 6.07 Å². The Hall–Kier alpha value is -7.23. The topological polar surface area (TPSA) is 167 Å². The van der Waals surface area contributed by atoms with Gasteiger partial charge in [-0.1, -0.05) is 12.1 Å². The quantitative estimate of drug-likeness (QED) is 0.244. The van der Waals surface area contributed by atoms with Crippen LogP contribution in [0, 0.1) is 103 Å². The number of nitriles is 7. The lowest BCUT2D eigenvalue weighted by Crippen LogP contribution is -2.01. The van der Waals surface area contributed by atoms with Crippen LogP contribution in [0.25, 0.3) is 33.4 Å². The molecule has 0 bridgehead atoms. The molecule has 0 saturated carbocycles. The van der Waals surface area contributed by atoms with Gasteiger partial charge in [-0.05, 0) is 41.5 Å². The van der Waals surface area contributed by atoms with E-state index in [9.17, 15) is 54.4 Å². The summed E-state index contributed by atoms with van der Waals surface area (Å²) in [5.41, 5.74) is -3.67. The van der Waals surface area contributed by atoms with Crippen LogP contribution < -0.4 is 0 Å². The molecule has 2 aliphatic rings. The monoisotopic (exact) mass is 577 g/mol. The Balaban J connectivity index is 2.03. The molecule has 0 unspecified atom stereocenters. The molecule has 5 rings (SSSR count). The van der Waals surface area contributed by atoms with Crippen LogP contribution in [0.5, 0.6) is 0 Å². The maximum atomic E-state index is 14.4. The average molecular weight is 577 g/mol. The van der Waals surface area contributed by atoms with E-state index in [0.29, 0.717) is 0 Å². The number of halogens is 4. The molecular weight excluding hydrogens is 570 g/mol. The SMILES string of the molecule is N#CC(C#N)=C1C(c2ccc(F)c(F)c2)=C(C#N)c2cc3c(c(C#N)c21)C(=C(C#N)C#N)C(c1ccc(F)c(F)c1)=C3C#N. The minimum Gasteiger partial charge on any atom is -0.204 e. The van der Waals surface area contributed by atoms with Gasteiger partial charge in [-0.15, -0.1) is 0 Å². The Kier molecular flexibility index (Phi) is 6.84. The van der Waals surface area contributed by atoms with Crippen molar-refractivity contribution in [3.63, 3.8) is 0 Å². The van der Waals surface area contributed by atoms with Crippen molar-refractivity contribution >= 4 is 33.4 Å². The minimum atomic E-state index is -1.30. The Bertz CT molecular complexity index is 2160. The van der Waals surface area contributed by atoms with Crippen molar-refractivity contribution in [3.8, 4) is 42.5 Å². The number of rotatable bonds is 2. The van der Waals surface area contributed by atoms with Crippen LogP contribution in [0.1, 0.15) is 38.9 Å². The number of hydrogen-bond acceptors (Lipinski definition) is 7. The smallest absolute Gasteiger partial charge is 0.159 e. The van der Waals surface area contributed by atoms with Gasteiger partial charge < -0.3 is 0 Å². The minimum absolute atomic E-state index is 0.0605. The van der Waals surface area contributed by atoms with Crippen molar-refractivity contribution in [2.24, 2.45) is 0 Å². The predicted molar refractivity (Wildman–Crippen MR) is 145 cm³/mol. The van der Waals surface area contributed by atoms with E-state index in [1.807, 2.05) is 18.2 Å². The van der Waals surface area contributed by atoms with Gasteiger partial charge in [0.05, 0.1) is 16.7 Å². The fourth-order valence-corrected chi connectivity index (χ4v) is 5.36. The summed E-state index contributed by atoms with van der Waals surface area (Å²) >= 11 is 0. The van der Waals surface area contributed by atoms with Crippen molar-refractivity contribution in [2.45, 2.75) is 0 Å². The molecule has 7 nitrogen and oxygen atoms in total. The highest BCUT2D eigenvalue weighted by Gasteiger charge is 2.40. The highest BCUT2D eigenvalue weighted by Crippen LogP contribution is 2.56. The lowest BCUT2D eigenvalue weighted by molar-refractivity contribution is 0.508. The summed E-state index contributed by atoms with van der Waals surface area (Å²) in [7, 11) is 0. The molecule has 0 saturated heterocycles. The second-order valence-electron chi connectivity index (χ2n) is 9.14. The molecule has 0 amide bonds. The van der Waals surface area contributed by atoms with E-state index in [4.69, 9.17) is 0 Å². The molecule has 0 radical (unpaired) electrons. The van der Waals surface area contributed by atoms with Crippen molar-refractivity contribution in [1.82, 2.24) is 0 Å². The molecule has 0 spiro atoms. The Labute approximate surface area is 246 Å². The van der Waals surface area contributed by atoms with Crippen LogP contribution in [-0.2, 0) is 0 Å². The number of allylic oxidation sites excluding steroid dienone is 8. The van der Waals surface area contributed by atoms with Crippen LogP contribution in [0.2, 0.25) is 0 Å². The number of benzene rings is 3. The summed E-state index contributed by atoms with van der Waals surface area (Å²) in [6.07, 6.45) is 0. The van der Waals surface area contributed by atoms with Gasteiger partial charge in [0, 0.05) is 44.5 Å². The number of hydrogen-bond donors (Lipinski definition) is 0. The Morgan fingerprint density at radius 3 is 1.16 bits per heavy atom. The molecule has 0 atom stereocenters. The summed E-state index contributed by atoms with van der Waals surface area (Å²) in [5.74, 6) is -5.03. The molecule has 3 aromatic carbocycles. The molecule has 0 N–H and O–H groups in total. The van der Waals surface area contributed by atoms with E-state index in [0.717, 1.165) is 36.4 Å². The summed E-state index contributed by atoms with van der Waals surface area (Å²) in [6.45, 7) is 0. The molecule has 0 aliphatic heterocycles. The molecule has 3 aromatic rings. The van der Waals surface area contributed by atoms with Crippen LogP contribution in [0.4, 0.5) is 17.6 Å². The first-order valence-electron chi connectivity index (χ1n) is 12.1. The Morgan fingerprint density at radius 2 is 0.864 bits per heavy atom. The van der Waals surface area contributed by atoms with Gasteiger partial charge in [-0.2, -0.15) is 36.8 Å². The van der Waals surface area contributed by atoms with Crippen LogP contribution in [0.3, 0.4) is 0 Å². The van der Waals surface area contributed by atoms with E-state index in [-0.39, 0.29) is 72.4 Å². The fourth-order valence-electron chi connectivity index (χ4n) is 5.36. The lowest BCUT2D eigenvalue weighted by atomic mass is 9.84. The summed E-state index contributed by atoms with van der Waals surface area (Å²) in [4.78, 5) is 0. The zero-order valence-electron chi connectivity index (χ0n) is 21.7. The Morgan fingerprint density at radius 1 is 0.477 bits per heavy atom. The van der Waals surface area contributed by atoms with Crippen LogP contribution >= 0.6 is 0 Å². The van der Waals surface area contributed by atoms with E-state index in [2.05, 4.69) is 0 Å². The molecule has 11 heteroatoms. The summed E-state index contributed by atoms with van der Waals surface area (Å²) < 4.78 is 56.4. The lowest BCUT2D eigenvalue weighted by Gasteiger charge is -2.14. The van der Waals surface area contributed by atoms with Crippen molar-refractivity contribution in [1.29, 1.82) is 36.8 Å². The van der Waals surface area contributed by atoms with Gasteiger partial charge in [-0.3, -0.25) is 0 Å². The standard InChI is InChI=1S/C33H7F4N7/c34-24-3-1-15(5-26(24)36)28-21(12-42)19-7-20-22(13-43)29(16-2-4-25(35)27(37)6-16)31(18(10-40)11-41)33(20)23(14-44)32(19)30(28)17(8-38)9-39/h1-7H. The third-order valence-corrected chi connectivity index (χ3v) is 7.07. The fraction of sp³-hybridized carbons (Fsp3) is 0. The molecule has 0 aromatic heterocycles. The molecular formula is C33H7F4N7. The largest absolute Gasteiger partial charge is 0.204 e. The third kappa shape index (κ3) is 3.90. The van der Waals surface area contributed by atoms with E-state index in [1.54, 1.807) is 24.3 Å². The van der Waals surface area contributed by atoms with Gasteiger partial charge in [0.15, 0.2) is 23.3 Å². The molecule has 0 fully saturated rings. The number of nitrogens with zero attached hydrogens (tertiary/aromatic N) is 7. The number of fused-ring (bicyclic) bond motifs is 2. The normalized spacial score (nSPS) is 12.6.